The second-order valence-corrected chi connectivity index (χ2v) is 6.68. The standard InChI is InChI=1S/C15H29NO2S/c1-4-6-12-7-8-13(16-9-5-2)14(10-12)19-11-15(17)18-3/h12-14,16H,4-11H2,1-3H3. The molecule has 4 heteroatoms. The van der Waals surface area contributed by atoms with Crippen molar-refractivity contribution >= 4 is 17.7 Å². The molecule has 0 heterocycles. The summed E-state index contributed by atoms with van der Waals surface area (Å²) in [7, 11) is 1.47. The van der Waals surface area contributed by atoms with Crippen molar-refractivity contribution in [3.05, 3.63) is 0 Å². The summed E-state index contributed by atoms with van der Waals surface area (Å²) < 4.78 is 4.75. The highest BCUT2D eigenvalue weighted by molar-refractivity contribution is 8.00. The zero-order valence-electron chi connectivity index (χ0n) is 12.6. The van der Waals surface area contributed by atoms with E-state index in [0.717, 1.165) is 12.5 Å². The number of carbonyl (C=O) groups is 1. The molecule has 19 heavy (non-hydrogen) atoms. The molecule has 0 amide bonds. The first-order valence-corrected chi connectivity index (χ1v) is 8.67. The normalized spacial score (nSPS) is 27.2. The van der Waals surface area contributed by atoms with E-state index in [1.165, 1.54) is 45.6 Å². The summed E-state index contributed by atoms with van der Waals surface area (Å²) in [5.74, 6) is 1.24. The van der Waals surface area contributed by atoms with Crippen molar-refractivity contribution in [1.82, 2.24) is 5.32 Å². The number of nitrogens with one attached hydrogen (secondary N) is 1. The Morgan fingerprint density at radius 3 is 2.74 bits per heavy atom. The topological polar surface area (TPSA) is 38.3 Å². The van der Waals surface area contributed by atoms with Crippen LogP contribution in [0.2, 0.25) is 0 Å². The van der Waals surface area contributed by atoms with Gasteiger partial charge in [0.2, 0.25) is 0 Å². The molecule has 0 aromatic heterocycles. The van der Waals surface area contributed by atoms with Gasteiger partial charge in [-0.15, -0.1) is 11.8 Å². The van der Waals surface area contributed by atoms with Gasteiger partial charge in [-0.25, -0.2) is 0 Å². The van der Waals surface area contributed by atoms with Gasteiger partial charge in [0.25, 0.3) is 0 Å². The minimum atomic E-state index is -0.100. The smallest absolute Gasteiger partial charge is 0.315 e. The van der Waals surface area contributed by atoms with Crippen LogP contribution in [0.25, 0.3) is 0 Å². The Morgan fingerprint density at radius 1 is 1.32 bits per heavy atom. The number of hydrogen-bond donors (Lipinski definition) is 1. The fourth-order valence-electron chi connectivity index (χ4n) is 2.86. The molecule has 1 aliphatic rings. The maximum atomic E-state index is 11.3. The van der Waals surface area contributed by atoms with Gasteiger partial charge >= 0.3 is 5.97 Å². The molecule has 112 valence electrons. The Balaban J connectivity index is 2.46. The van der Waals surface area contributed by atoms with E-state index in [2.05, 4.69) is 19.2 Å². The van der Waals surface area contributed by atoms with Crippen molar-refractivity contribution in [3.8, 4) is 0 Å². The number of esters is 1. The zero-order valence-corrected chi connectivity index (χ0v) is 13.4. The van der Waals surface area contributed by atoms with E-state index >= 15 is 0 Å². The highest BCUT2D eigenvalue weighted by atomic mass is 32.2. The predicted octanol–water partition coefficient (Wildman–Crippen LogP) is 3.23. The summed E-state index contributed by atoms with van der Waals surface area (Å²) in [5.41, 5.74) is 0. The summed E-state index contributed by atoms with van der Waals surface area (Å²) in [6.45, 7) is 5.54. The van der Waals surface area contributed by atoms with Crippen LogP contribution >= 0.6 is 11.8 Å². The van der Waals surface area contributed by atoms with Gasteiger partial charge in [0.15, 0.2) is 0 Å². The number of carbonyl (C=O) groups excluding carboxylic acids is 1. The van der Waals surface area contributed by atoms with Crippen LogP contribution in [0.4, 0.5) is 0 Å². The summed E-state index contributed by atoms with van der Waals surface area (Å²) in [6.07, 6.45) is 7.61. The molecule has 0 aromatic rings. The van der Waals surface area contributed by atoms with E-state index in [9.17, 15) is 4.79 Å². The second kappa shape index (κ2) is 9.65. The van der Waals surface area contributed by atoms with Gasteiger partial charge in [0.05, 0.1) is 12.9 Å². The SMILES string of the molecule is CCCNC1CCC(CCC)CC1SCC(=O)OC. The van der Waals surface area contributed by atoms with Gasteiger partial charge < -0.3 is 10.1 Å². The number of rotatable bonds is 8. The molecule has 0 aliphatic heterocycles. The average molecular weight is 287 g/mol. The number of hydrogen-bond acceptors (Lipinski definition) is 4. The van der Waals surface area contributed by atoms with Crippen molar-refractivity contribution < 1.29 is 9.53 Å². The van der Waals surface area contributed by atoms with Gasteiger partial charge in [-0.1, -0.05) is 26.7 Å². The van der Waals surface area contributed by atoms with Gasteiger partial charge in [-0.2, -0.15) is 0 Å². The van der Waals surface area contributed by atoms with Gasteiger partial charge in [0, 0.05) is 11.3 Å². The van der Waals surface area contributed by atoms with Gasteiger partial charge in [0.1, 0.15) is 0 Å². The summed E-state index contributed by atoms with van der Waals surface area (Å²) in [4.78, 5) is 11.3. The fraction of sp³-hybridized carbons (Fsp3) is 0.933. The lowest BCUT2D eigenvalue weighted by Gasteiger charge is -2.36. The summed E-state index contributed by atoms with van der Waals surface area (Å²) in [5, 5.41) is 4.22. The number of ether oxygens (including phenoxy) is 1. The molecule has 0 spiro atoms. The Hall–Kier alpha value is -0.220. The van der Waals surface area contributed by atoms with Crippen LogP contribution in [0.3, 0.4) is 0 Å². The lowest BCUT2D eigenvalue weighted by molar-refractivity contribution is -0.137. The average Bonchev–Trinajstić information content (AvgIpc) is 2.44. The molecule has 3 atom stereocenters. The van der Waals surface area contributed by atoms with Crippen LogP contribution in [0.5, 0.6) is 0 Å². The van der Waals surface area contributed by atoms with Crippen LogP contribution in [-0.4, -0.2) is 36.7 Å². The Morgan fingerprint density at radius 2 is 2.11 bits per heavy atom. The first-order valence-electron chi connectivity index (χ1n) is 7.63. The van der Waals surface area contributed by atoms with Gasteiger partial charge in [-0.05, 0) is 38.1 Å². The molecule has 1 saturated carbocycles. The lowest BCUT2D eigenvalue weighted by Crippen LogP contribution is -2.43. The monoisotopic (exact) mass is 287 g/mol. The Bertz CT molecular complexity index is 261. The molecular formula is C15H29NO2S. The molecule has 3 unspecified atom stereocenters. The fourth-order valence-corrected chi connectivity index (χ4v) is 4.20. The molecular weight excluding hydrogens is 258 g/mol. The highest BCUT2D eigenvalue weighted by Gasteiger charge is 2.30. The van der Waals surface area contributed by atoms with Crippen molar-refractivity contribution in [2.75, 3.05) is 19.4 Å². The Kier molecular flexibility index (Phi) is 8.55. The van der Waals surface area contributed by atoms with E-state index in [1.54, 1.807) is 11.8 Å². The molecule has 1 fully saturated rings. The van der Waals surface area contributed by atoms with E-state index in [1.807, 2.05) is 0 Å². The van der Waals surface area contributed by atoms with E-state index in [-0.39, 0.29) is 5.97 Å². The van der Waals surface area contributed by atoms with Crippen LogP contribution < -0.4 is 5.32 Å². The molecule has 0 bridgehead atoms. The van der Waals surface area contributed by atoms with Crippen molar-refractivity contribution in [2.24, 2.45) is 5.92 Å². The molecule has 0 aromatic carbocycles. The zero-order chi connectivity index (χ0) is 14.1. The molecule has 1 aliphatic carbocycles. The van der Waals surface area contributed by atoms with Crippen molar-refractivity contribution in [3.63, 3.8) is 0 Å². The van der Waals surface area contributed by atoms with Crippen LogP contribution in [0.1, 0.15) is 52.4 Å². The first kappa shape index (κ1) is 16.8. The number of thioether (sulfide) groups is 1. The van der Waals surface area contributed by atoms with Gasteiger partial charge in [-0.3, -0.25) is 4.79 Å². The second-order valence-electron chi connectivity index (χ2n) is 5.45. The minimum absolute atomic E-state index is 0.100. The molecule has 1 rings (SSSR count). The van der Waals surface area contributed by atoms with Crippen LogP contribution in [-0.2, 0) is 9.53 Å². The number of methoxy groups -OCH3 is 1. The largest absolute Gasteiger partial charge is 0.468 e. The molecule has 0 radical (unpaired) electrons. The lowest BCUT2D eigenvalue weighted by atomic mass is 9.83. The summed E-state index contributed by atoms with van der Waals surface area (Å²) >= 11 is 1.78. The third-order valence-electron chi connectivity index (χ3n) is 3.90. The minimum Gasteiger partial charge on any atom is -0.468 e. The van der Waals surface area contributed by atoms with Crippen molar-refractivity contribution in [2.45, 2.75) is 63.7 Å². The van der Waals surface area contributed by atoms with Crippen LogP contribution in [0.15, 0.2) is 0 Å². The Labute approximate surface area is 122 Å². The molecule has 3 nitrogen and oxygen atoms in total. The van der Waals surface area contributed by atoms with E-state index in [0.29, 0.717) is 17.0 Å². The predicted molar refractivity (Wildman–Crippen MR) is 82.6 cm³/mol. The first-order chi connectivity index (χ1) is 9.21. The maximum absolute atomic E-state index is 11.3. The maximum Gasteiger partial charge on any atom is 0.315 e. The van der Waals surface area contributed by atoms with E-state index in [4.69, 9.17) is 4.74 Å². The molecule has 1 N–H and O–H groups in total. The van der Waals surface area contributed by atoms with E-state index < -0.39 is 0 Å². The summed E-state index contributed by atoms with van der Waals surface area (Å²) in [6, 6.07) is 0.572. The van der Waals surface area contributed by atoms with Crippen LogP contribution in [0, 0.1) is 5.92 Å². The quantitative estimate of drug-likeness (QED) is 0.696. The third kappa shape index (κ3) is 6.17. The third-order valence-corrected chi connectivity index (χ3v) is 5.25. The molecule has 0 saturated heterocycles. The van der Waals surface area contributed by atoms with Crippen molar-refractivity contribution in [1.29, 1.82) is 0 Å². The highest BCUT2D eigenvalue weighted by Crippen LogP contribution is 2.34.